The minimum Gasteiger partial charge on any atom is -0.393 e. The maximum Gasteiger partial charge on any atom is 0.0619 e. The number of hydrogen-bond acceptors (Lipinski definition) is 5. The molecule has 6 N–H and O–H groups in total. The van der Waals surface area contributed by atoms with E-state index < -0.39 is 0 Å². The lowest BCUT2D eigenvalue weighted by Gasteiger charge is -2.38. The fraction of sp³-hybridized carbons (Fsp3) is 1.00. The number of aliphatic hydroxyl groups is 2. The molecule has 0 aromatic carbocycles. The highest BCUT2D eigenvalue weighted by Crippen LogP contribution is 2.34. The highest BCUT2D eigenvalue weighted by molar-refractivity contribution is 4.83. The van der Waals surface area contributed by atoms with E-state index in [1.807, 2.05) is 0 Å². The Labute approximate surface area is 140 Å². The maximum absolute atomic E-state index is 9.73. The summed E-state index contributed by atoms with van der Waals surface area (Å²) >= 11 is 0. The van der Waals surface area contributed by atoms with Crippen LogP contribution in [-0.4, -0.2) is 47.7 Å². The number of rotatable bonds is 8. The zero-order chi connectivity index (χ0) is 16.7. The minimum absolute atomic E-state index is 0.135. The Morgan fingerprint density at radius 2 is 1.04 bits per heavy atom. The van der Waals surface area contributed by atoms with Crippen molar-refractivity contribution < 1.29 is 14.9 Å². The summed E-state index contributed by atoms with van der Waals surface area (Å²) in [5.41, 5.74) is 11.6. The van der Waals surface area contributed by atoms with Gasteiger partial charge in [-0.2, -0.15) is 0 Å². The van der Waals surface area contributed by atoms with E-state index in [2.05, 4.69) is 0 Å². The first-order valence-electron chi connectivity index (χ1n) is 9.55. The summed E-state index contributed by atoms with van der Waals surface area (Å²) in [6.07, 6.45) is 9.54. The van der Waals surface area contributed by atoms with Crippen molar-refractivity contribution in [2.45, 2.75) is 88.6 Å². The van der Waals surface area contributed by atoms with Gasteiger partial charge in [0.15, 0.2) is 0 Å². The van der Waals surface area contributed by atoms with Gasteiger partial charge in [0.05, 0.1) is 24.4 Å². The maximum atomic E-state index is 9.73. The van der Waals surface area contributed by atoms with Crippen molar-refractivity contribution in [2.24, 2.45) is 23.3 Å². The summed E-state index contributed by atoms with van der Waals surface area (Å²) in [5.74, 6) is 1.02. The molecule has 0 spiro atoms. The van der Waals surface area contributed by atoms with Crippen LogP contribution < -0.4 is 11.5 Å². The molecule has 5 nitrogen and oxygen atoms in total. The third kappa shape index (κ3) is 5.98. The van der Waals surface area contributed by atoms with Crippen molar-refractivity contribution in [3.63, 3.8) is 0 Å². The number of nitrogens with two attached hydrogens (primary N) is 2. The molecule has 2 atom stereocenters. The van der Waals surface area contributed by atoms with Gasteiger partial charge < -0.3 is 26.4 Å². The Morgan fingerprint density at radius 3 is 1.35 bits per heavy atom. The normalized spacial score (nSPS) is 35.0. The summed E-state index contributed by atoms with van der Waals surface area (Å²) in [5, 5.41) is 19.5. The van der Waals surface area contributed by atoms with E-state index >= 15 is 0 Å². The zero-order valence-corrected chi connectivity index (χ0v) is 14.4. The Morgan fingerprint density at radius 1 is 0.696 bits per heavy atom. The topological polar surface area (TPSA) is 102 Å². The van der Waals surface area contributed by atoms with Crippen molar-refractivity contribution in [2.75, 3.05) is 13.1 Å². The molecule has 0 radical (unpaired) electrons. The molecule has 0 saturated heterocycles. The lowest BCUT2D eigenvalue weighted by Crippen LogP contribution is -2.39. The molecule has 0 heterocycles. The lowest BCUT2D eigenvalue weighted by atomic mass is 9.81. The average Bonchev–Trinajstić information content (AvgIpc) is 2.55. The summed E-state index contributed by atoms with van der Waals surface area (Å²) in [6.45, 7) is 1.28. The van der Waals surface area contributed by atoms with Crippen molar-refractivity contribution >= 4 is 0 Å². The lowest BCUT2D eigenvalue weighted by molar-refractivity contribution is -0.0944. The molecule has 2 saturated carbocycles. The van der Waals surface area contributed by atoms with Crippen LogP contribution in [0, 0.1) is 11.8 Å². The van der Waals surface area contributed by atoms with Crippen molar-refractivity contribution in [1.82, 2.24) is 0 Å². The molecule has 0 bridgehead atoms. The molecule has 2 aliphatic rings. The standard InChI is InChI=1S/C18H36N2O3/c19-11-9-17(13-1-5-15(21)6-2-13)23-18(10-12-20)14-3-7-16(22)8-4-14/h13-18,21-22H,1-12,19-20H2. The zero-order valence-electron chi connectivity index (χ0n) is 14.4. The molecule has 2 rings (SSSR count). The quantitative estimate of drug-likeness (QED) is 0.541. The molecule has 0 aliphatic heterocycles. The van der Waals surface area contributed by atoms with Gasteiger partial charge in [-0.3, -0.25) is 0 Å². The van der Waals surface area contributed by atoms with Crippen molar-refractivity contribution in [1.29, 1.82) is 0 Å². The van der Waals surface area contributed by atoms with Gasteiger partial charge in [0.25, 0.3) is 0 Å². The molecule has 0 amide bonds. The fourth-order valence-corrected chi connectivity index (χ4v) is 4.33. The van der Waals surface area contributed by atoms with E-state index in [0.717, 1.165) is 64.2 Å². The van der Waals surface area contributed by atoms with Crippen LogP contribution in [0.3, 0.4) is 0 Å². The van der Waals surface area contributed by atoms with Crippen LogP contribution in [0.5, 0.6) is 0 Å². The van der Waals surface area contributed by atoms with Crippen LogP contribution in [0.4, 0.5) is 0 Å². The van der Waals surface area contributed by atoms with E-state index in [9.17, 15) is 10.2 Å². The minimum atomic E-state index is -0.135. The predicted molar refractivity (Wildman–Crippen MR) is 91.9 cm³/mol. The third-order valence-corrected chi connectivity index (χ3v) is 5.79. The first-order chi connectivity index (χ1) is 11.1. The SMILES string of the molecule is NCCC(OC(CCN)C1CCC(O)CC1)C1CCC(O)CC1. The van der Waals surface area contributed by atoms with E-state index in [1.165, 1.54) is 0 Å². The number of aliphatic hydroxyl groups excluding tert-OH is 2. The first-order valence-corrected chi connectivity index (χ1v) is 9.55. The van der Waals surface area contributed by atoms with E-state index in [1.54, 1.807) is 0 Å². The molecular weight excluding hydrogens is 292 g/mol. The fourth-order valence-electron chi connectivity index (χ4n) is 4.33. The van der Waals surface area contributed by atoms with Gasteiger partial charge in [0.2, 0.25) is 0 Å². The summed E-state index contributed by atoms with van der Waals surface area (Å²) in [4.78, 5) is 0. The van der Waals surface area contributed by atoms with Crippen molar-refractivity contribution in [3.8, 4) is 0 Å². The van der Waals surface area contributed by atoms with Crippen LogP contribution >= 0.6 is 0 Å². The monoisotopic (exact) mass is 328 g/mol. The molecule has 2 fully saturated rings. The second-order valence-corrected chi connectivity index (χ2v) is 7.50. The Hall–Kier alpha value is -0.200. The summed E-state index contributed by atoms with van der Waals surface area (Å²) in [7, 11) is 0. The molecule has 2 aliphatic carbocycles. The smallest absolute Gasteiger partial charge is 0.0619 e. The van der Waals surface area contributed by atoms with E-state index in [4.69, 9.17) is 16.2 Å². The highest BCUT2D eigenvalue weighted by atomic mass is 16.5. The van der Waals surface area contributed by atoms with Crippen LogP contribution in [0.25, 0.3) is 0 Å². The molecule has 136 valence electrons. The number of hydrogen-bond donors (Lipinski definition) is 4. The second kappa shape index (κ2) is 9.94. The van der Waals surface area contributed by atoms with Gasteiger partial charge in [-0.25, -0.2) is 0 Å². The van der Waals surface area contributed by atoms with Crippen LogP contribution in [0.2, 0.25) is 0 Å². The highest BCUT2D eigenvalue weighted by Gasteiger charge is 2.33. The second-order valence-electron chi connectivity index (χ2n) is 7.50. The van der Waals surface area contributed by atoms with Crippen LogP contribution in [-0.2, 0) is 4.74 Å². The Kier molecular flexibility index (Phi) is 8.27. The van der Waals surface area contributed by atoms with Gasteiger partial charge >= 0.3 is 0 Å². The largest absolute Gasteiger partial charge is 0.393 e. The molecule has 5 heteroatoms. The van der Waals surface area contributed by atoms with Gasteiger partial charge in [0, 0.05) is 0 Å². The van der Waals surface area contributed by atoms with Gasteiger partial charge in [0.1, 0.15) is 0 Å². The molecular formula is C18H36N2O3. The molecule has 0 aromatic rings. The molecule has 23 heavy (non-hydrogen) atoms. The molecule has 0 aromatic heterocycles. The Balaban J connectivity index is 1.93. The van der Waals surface area contributed by atoms with Crippen molar-refractivity contribution in [3.05, 3.63) is 0 Å². The van der Waals surface area contributed by atoms with Gasteiger partial charge in [-0.1, -0.05) is 0 Å². The van der Waals surface area contributed by atoms with Crippen LogP contribution in [0.1, 0.15) is 64.2 Å². The third-order valence-electron chi connectivity index (χ3n) is 5.79. The Bertz CT molecular complexity index is 283. The van der Waals surface area contributed by atoms with Crippen LogP contribution in [0.15, 0.2) is 0 Å². The number of ether oxygens (including phenoxy) is 1. The molecule has 2 unspecified atom stereocenters. The summed E-state index contributed by atoms with van der Waals surface area (Å²) in [6, 6.07) is 0. The predicted octanol–water partition coefficient (Wildman–Crippen LogP) is 1.54. The van der Waals surface area contributed by atoms with Gasteiger partial charge in [-0.15, -0.1) is 0 Å². The van der Waals surface area contributed by atoms with Gasteiger partial charge in [-0.05, 0) is 89.1 Å². The van der Waals surface area contributed by atoms with E-state index in [-0.39, 0.29) is 24.4 Å². The van der Waals surface area contributed by atoms with E-state index in [0.29, 0.717) is 24.9 Å². The first kappa shape index (κ1) is 19.1. The summed E-state index contributed by atoms with van der Waals surface area (Å²) < 4.78 is 6.56. The average molecular weight is 328 g/mol.